The third-order valence-electron chi connectivity index (χ3n) is 2.96. The third-order valence-corrected chi connectivity index (χ3v) is 2.96. The van der Waals surface area contributed by atoms with Crippen LogP contribution in [0.4, 0.5) is 0 Å². The highest BCUT2D eigenvalue weighted by molar-refractivity contribution is 5.94. The van der Waals surface area contributed by atoms with Gasteiger partial charge >= 0.3 is 5.97 Å². The van der Waals surface area contributed by atoms with E-state index in [1.807, 2.05) is 0 Å². The fourth-order valence-corrected chi connectivity index (χ4v) is 1.90. The van der Waals surface area contributed by atoms with Crippen LogP contribution in [-0.4, -0.2) is 33.2 Å². The Morgan fingerprint density at radius 1 is 1.23 bits per heavy atom. The molecule has 118 valence electrons. The minimum Gasteiger partial charge on any atom is -0.497 e. The predicted molar refractivity (Wildman–Crippen MR) is 80.5 cm³/mol. The van der Waals surface area contributed by atoms with Crippen molar-refractivity contribution in [1.29, 1.82) is 0 Å². The lowest BCUT2D eigenvalue weighted by atomic mass is 10.0. The lowest BCUT2D eigenvalue weighted by Crippen LogP contribution is -2.29. The van der Waals surface area contributed by atoms with Gasteiger partial charge in [-0.05, 0) is 25.0 Å². The van der Waals surface area contributed by atoms with Crippen molar-refractivity contribution in [3.05, 3.63) is 23.8 Å². The van der Waals surface area contributed by atoms with E-state index in [2.05, 4.69) is 21.9 Å². The Hall–Kier alpha value is -2.68. The minimum absolute atomic E-state index is 0.0314. The summed E-state index contributed by atoms with van der Waals surface area (Å²) in [4.78, 5) is 23.3. The fraction of sp³-hybridized carbons (Fsp3) is 0.375. The van der Waals surface area contributed by atoms with Gasteiger partial charge in [-0.1, -0.05) is 5.92 Å². The normalized spacial score (nSPS) is 10.7. The van der Waals surface area contributed by atoms with Gasteiger partial charge in [0.2, 0.25) is 0 Å². The summed E-state index contributed by atoms with van der Waals surface area (Å²) in [6, 6.07) is 4.52. The predicted octanol–water partition coefficient (Wildman–Crippen LogP) is 1.45. The zero-order valence-electron chi connectivity index (χ0n) is 13.1. The first-order valence-corrected chi connectivity index (χ1v) is 6.57. The summed E-state index contributed by atoms with van der Waals surface area (Å²) < 4.78 is 15.1. The number of amides is 1. The highest BCUT2D eigenvalue weighted by Gasteiger charge is 2.22. The SMILES string of the molecule is CC#CC(=O)N[C@@H](CC(=O)OC)c1ccc(OC)cc1OC. The van der Waals surface area contributed by atoms with Crippen LogP contribution in [0.1, 0.15) is 24.9 Å². The summed E-state index contributed by atoms with van der Waals surface area (Å²) in [6.07, 6.45) is -0.0314. The minimum atomic E-state index is -0.610. The molecule has 1 amide bonds. The number of carbonyl (C=O) groups excluding carboxylic acids is 2. The molecule has 1 N–H and O–H groups in total. The van der Waals surface area contributed by atoms with Gasteiger partial charge in [0.1, 0.15) is 11.5 Å². The van der Waals surface area contributed by atoms with E-state index >= 15 is 0 Å². The standard InChI is InChI=1S/C16H19NO5/c1-5-6-15(18)17-13(10-16(19)22-4)12-8-7-11(20-2)9-14(12)21-3/h7-9,13H,10H2,1-4H3,(H,17,18)/t13-/m0/s1. The monoisotopic (exact) mass is 305 g/mol. The average Bonchev–Trinajstić information content (AvgIpc) is 2.53. The highest BCUT2D eigenvalue weighted by atomic mass is 16.5. The van der Waals surface area contributed by atoms with E-state index < -0.39 is 17.9 Å². The molecule has 1 aromatic rings. The maximum absolute atomic E-state index is 11.7. The highest BCUT2D eigenvalue weighted by Crippen LogP contribution is 2.31. The third kappa shape index (κ3) is 4.70. The van der Waals surface area contributed by atoms with Gasteiger partial charge in [-0.3, -0.25) is 9.59 Å². The summed E-state index contributed by atoms with van der Waals surface area (Å²) in [6.45, 7) is 1.56. The number of methoxy groups -OCH3 is 3. The molecular weight excluding hydrogens is 286 g/mol. The van der Waals surface area contributed by atoms with Crippen molar-refractivity contribution in [2.75, 3.05) is 21.3 Å². The lowest BCUT2D eigenvalue weighted by Gasteiger charge is -2.20. The van der Waals surface area contributed by atoms with Crippen LogP contribution in [0, 0.1) is 11.8 Å². The van der Waals surface area contributed by atoms with Crippen LogP contribution < -0.4 is 14.8 Å². The maximum atomic E-state index is 11.7. The number of hydrogen-bond acceptors (Lipinski definition) is 5. The van der Waals surface area contributed by atoms with Crippen LogP contribution in [0.5, 0.6) is 11.5 Å². The molecule has 1 rings (SSSR count). The molecule has 22 heavy (non-hydrogen) atoms. The van der Waals surface area contributed by atoms with Crippen LogP contribution in [-0.2, 0) is 14.3 Å². The fourth-order valence-electron chi connectivity index (χ4n) is 1.90. The van der Waals surface area contributed by atoms with Crippen molar-refractivity contribution in [2.24, 2.45) is 0 Å². The van der Waals surface area contributed by atoms with Crippen molar-refractivity contribution in [1.82, 2.24) is 5.32 Å². The molecule has 6 heteroatoms. The number of carbonyl (C=O) groups is 2. The molecule has 0 heterocycles. The quantitative estimate of drug-likeness (QED) is 0.636. The summed E-state index contributed by atoms with van der Waals surface area (Å²) in [5.41, 5.74) is 0.639. The molecule has 0 bridgehead atoms. The van der Waals surface area contributed by atoms with Gasteiger partial charge in [0, 0.05) is 11.6 Å². The van der Waals surface area contributed by atoms with Crippen molar-refractivity contribution in [3.8, 4) is 23.3 Å². The Morgan fingerprint density at radius 3 is 2.50 bits per heavy atom. The molecule has 0 aliphatic rings. The van der Waals surface area contributed by atoms with Crippen molar-refractivity contribution >= 4 is 11.9 Å². The molecule has 0 radical (unpaired) electrons. The number of benzene rings is 1. The molecule has 0 saturated carbocycles. The van der Waals surface area contributed by atoms with E-state index in [1.165, 1.54) is 14.2 Å². The van der Waals surface area contributed by atoms with Gasteiger partial charge in [0.25, 0.3) is 5.91 Å². The molecule has 0 aliphatic heterocycles. The second kappa shape index (κ2) is 8.57. The Kier molecular flexibility index (Phi) is 6.77. The zero-order valence-corrected chi connectivity index (χ0v) is 13.1. The van der Waals surface area contributed by atoms with Gasteiger partial charge in [0.15, 0.2) is 0 Å². The molecular formula is C16H19NO5. The van der Waals surface area contributed by atoms with Gasteiger partial charge in [-0.15, -0.1) is 0 Å². The largest absolute Gasteiger partial charge is 0.497 e. The number of ether oxygens (including phenoxy) is 3. The smallest absolute Gasteiger partial charge is 0.307 e. The molecule has 1 aromatic carbocycles. The molecule has 0 aromatic heterocycles. The number of hydrogen-bond donors (Lipinski definition) is 1. The first kappa shape index (κ1) is 17.4. The molecule has 0 unspecified atom stereocenters. The van der Waals surface area contributed by atoms with Crippen molar-refractivity contribution < 1.29 is 23.8 Å². The Morgan fingerprint density at radius 2 is 1.95 bits per heavy atom. The van der Waals surface area contributed by atoms with Crippen LogP contribution in [0.2, 0.25) is 0 Å². The summed E-state index contributed by atoms with van der Waals surface area (Å²) in [5, 5.41) is 2.68. The molecule has 0 spiro atoms. The number of esters is 1. The first-order valence-electron chi connectivity index (χ1n) is 6.57. The van der Waals surface area contributed by atoms with Crippen LogP contribution in [0.25, 0.3) is 0 Å². The van der Waals surface area contributed by atoms with Crippen LogP contribution in [0.3, 0.4) is 0 Å². The number of nitrogens with one attached hydrogen (secondary N) is 1. The van der Waals surface area contributed by atoms with E-state index in [0.29, 0.717) is 17.1 Å². The van der Waals surface area contributed by atoms with E-state index in [4.69, 9.17) is 9.47 Å². The summed E-state index contributed by atoms with van der Waals surface area (Å²) in [5.74, 6) is 5.07. The summed E-state index contributed by atoms with van der Waals surface area (Å²) >= 11 is 0. The second-order valence-corrected chi connectivity index (χ2v) is 4.29. The molecule has 1 atom stereocenters. The van der Waals surface area contributed by atoms with E-state index in [-0.39, 0.29) is 6.42 Å². The first-order chi connectivity index (χ1) is 10.5. The lowest BCUT2D eigenvalue weighted by molar-refractivity contribution is -0.141. The van der Waals surface area contributed by atoms with Crippen molar-refractivity contribution in [3.63, 3.8) is 0 Å². The number of rotatable bonds is 6. The van der Waals surface area contributed by atoms with Gasteiger partial charge in [-0.25, -0.2) is 0 Å². The van der Waals surface area contributed by atoms with Gasteiger partial charge in [-0.2, -0.15) is 0 Å². The topological polar surface area (TPSA) is 73.9 Å². The van der Waals surface area contributed by atoms with Crippen LogP contribution >= 0.6 is 0 Å². The van der Waals surface area contributed by atoms with Crippen molar-refractivity contribution in [2.45, 2.75) is 19.4 Å². The summed E-state index contributed by atoms with van der Waals surface area (Å²) in [7, 11) is 4.33. The van der Waals surface area contributed by atoms with E-state index in [9.17, 15) is 9.59 Å². The Bertz CT molecular complexity index is 600. The molecule has 0 fully saturated rings. The Balaban J connectivity index is 3.15. The molecule has 0 saturated heterocycles. The average molecular weight is 305 g/mol. The molecule has 0 aliphatic carbocycles. The Labute approximate surface area is 129 Å². The molecule has 6 nitrogen and oxygen atoms in total. The van der Waals surface area contributed by atoms with Crippen LogP contribution in [0.15, 0.2) is 18.2 Å². The maximum Gasteiger partial charge on any atom is 0.307 e. The second-order valence-electron chi connectivity index (χ2n) is 4.29. The van der Waals surface area contributed by atoms with E-state index in [1.54, 1.807) is 32.2 Å². The van der Waals surface area contributed by atoms with Gasteiger partial charge < -0.3 is 19.5 Å². The zero-order chi connectivity index (χ0) is 16.5. The van der Waals surface area contributed by atoms with Gasteiger partial charge in [0.05, 0.1) is 33.8 Å². The van der Waals surface area contributed by atoms with E-state index in [0.717, 1.165) is 0 Å².